The van der Waals surface area contributed by atoms with E-state index in [1.807, 2.05) is 19.9 Å². The van der Waals surface area contributed by atoms with Crippen molar-refractivity contribution < 1.29 is 19.1 Å². The van der Waals surface area contributed by atoms with Crippen LogP contribution in [-0.2, 0) is 19.1 Å². The number of hydrogen-bond donors (Lipinski definition) is 1. The molecule has 5 rings (SSSR count). The molecule has 3 saturated carbocycles. The molecule has 0 bridgehead atoms. The first kappa shape index (κ1) is 26.7. The first-order valence-electron chi connectivity index (χ1n) is 14.4. The van der Waals surface area contributed by atoms with Gasteiger partial charge in [0, 0.05) is 5.41 Å². The van der Waals surface area contributed by atoms with Crippen molar-refractivity contribution in [2.24, 2.45) is 56.0 Å². The number of allylic oxidation sites excluding steroid dienone is 3. The number of ketones is 1. The monoisotopic (exact) mass is 509 g/mol. The fraction of sp³-hybridized carbons (Fsp3) is 0.781. The van der Waals surface area contributed by atoms with Crippen LogP contribution in [0.3, 0.4) is 0 Å². The molecule has 5 aliphatic rings. The number of carbonyl (C=O) groups excluding carboxylic acids is 3. The fourth-order valence-corrected chi connectivity index (χ4v) is 10.5. The number of primary amides is 1. The predicted molar refractivity (Wildman–Crippen MR) is 144 cm³/mol. The number of rotatable bonds is 2. The summed E-state index contributed by atoms with van der Waals surface area (Å²) in [6.45, 7) is 15.9. The van der Waals surface area contributed by atoms with Gasteiger partial charge in [-0.1, -0.05) is 66.2 Å². The highest BCUT2D eigenvalue weighted by Gasteiger charge is 2.69. The van der Waals surface area contributed by atoms with E-state index in [9.17, 15) is 14.4 Å². The fourth-order valence-electron chi connectivity index (χ4n) is 10.5. The van der Waals surface area contributed by atoms with Crippen molar-refractivity contribution >= 4 is 17.7 Å². The summed E-state index contributed by atoms with van der Waals surface area (Å²) in [5.41, 5.74) is 6.21. The lowest BCUT2D eigenvalue weighted by Crippen LogP contribution is -2.64. The number of fused-ring (bicyclic) bond motifs is 7. The Bertz CT molecular complexity index is 1130. The number of methoxy groups -OCH3 is 1. The van der Waals surface area contributed by atoms with Crippen LogP contribution in [0.1, 0.15) is 99.8 Å². The largest absolute Gasteiger partial charge is 0.469 e. The topological polar surface area (TPSA) is 86.5 Å². The van der Waals surface area contributed by atoms with Gasteiger partial charge in [0.05, 0.1) is 18.1 Å². The number of ether oxygens (including phenoxy) is 1. The number of amides is 1. The molecule has 5 heteroatoms. The van der Waals surface area contributed by atoms with Crippen LogP contribution in [0, 0.1) is 50.2 Å². The Kier molecular flexibility index (Phi) is 5.64. The van der Waals surface area contributed by atoms with Gasteiger partial charge in [-0.25, -0.2) is 0 Å². The van der Waals surface area contributed by atoms with Crippen molar-refractivity contribution in [3.8, 4) is 0 Å². The molecular weight excluding hydrogens is 462 g/mol. The van der Waals surface area contributed by atoms with E-state index in [1.54, 1.807) is 7.11 Å². The second kappa shape index (κ2) is 7.82. The molecule has 2 N–H and O–H groups in total. The zero-order valence-corrected chi connectivity index (χ0v) is 24.3. The lowest BCUT2D eigenvalue weighted by atomic mass is 9.34. The van der Waals surface area contributed by atoms with Crippen LogP contribution in [0.25, 0.3) is 0 Å². The third-order valence-electron chi connectivity index (χ3n) is 12.8. The predicted octanol–water partition coefficient (Wildman–Crippen LogP) is 6.16. The SMILES string of the molecule is COC(=O)[C@]12CCC(C)(C)CC1C1=CC[C@@H]3[C@@]4(C)C=C(C(N)=O)C(=O)C(C)(C)[C@@H]4CC[C@@]3(C)[C@]1(C)CC2. The number of Topliss-reactive ketones (excluding diaryl/α,β-unsaturated/α-hetero) is 1. The average molecular weight is 510 g/mol. The van der Waals surface area contributed by atoms with Crippen LogP contribution in [0.15, 0.2) is 23.3 Å². The van der Waals surface area contributed by atoms with Gasteiger partial charge in [-0.05, 0) is 90.8 Å². The molecule has 5 aliphatic carbocycles. The minimum atomic E-state index is -0.625. The van der Waals surface area contributed by atoms with E-state index in [2.05, 4.69) is 40.7 Å². The highest BCUT2D eigenvalue weighted by Crippen LogP contribution is 2.75. The van der Waals surface area contributed by atoms with Gasteiger partial charge in [-0.3, -0.25) is 14.4 Å². The van der Waals surface area contributed by atoms with Gasteiger partial charge in [-0.2, -0.15) is 0 Å². The van der Waals surface area contributed by atoms with Gasteiger partial charge >= 0.3 is 5.97 Å². The maximum atomic E-state index is 13.4. The summed E-state index contributed by atoms with van der Waals surface area (Å²) >= 11 is 0. The van der Waals surface area contributed by atoms with E-state index in [0.29, 0.717) is 0 Å². The van der Waals surface area contributed by atoms with Crippen molar-refractivity contribution in [3.63, 3.8) is 0 Å². The second-order valence-electron chi connectivity index (χ2n) is 15.2. The molecule has 0 aromatic rings. The van der Waals surface area contributed by atoms with Gasteiger partial charge < -0.3 is 10.5 Å². The minimum absolute atomic E-state index is 0.0120. The van der Waals surface area contributed by atoms with E-state index in [4.69, 9.17) is 10.5 Å². The van der Waals surface area contributed by atoms with Crippen molar-refractivity contribution in [2.45, 2.75) is 99.8 Å². The van der Waals surface area contributed by atoms with Crippen LogP contribution in [0.4, 0.5) is 0 Å². The molecule has 0 aliphatic heterocycles. The Balaban J connectivity index is 1.66. The molecule has 0 radical (unpaired) electrons. The zero-order valence-electron chi connectivity index (χ0n) is 24.3. The molecule has 204 valence electrons. The lowest BCUT2D eigenvalue weighted by molar-refractivity contribution is -0.177. The first-order chi connectivity index (χ1) is 17.0. The average Bonchev–Trinajstić information content (AvgIpc) is 2.81. The molecule has 0 aromatic heterocycles. The maximum Gasteiger partial charge on any atom is 0.312 e. The van der Waals surface area contributed by atoms with Crippen molar-refractivity contribution in [1.29, 1.82) is 0 Å². The zero-order chi connectivity index (χ0) is 27.4. The smallest absolute Gasteiger partial charge is 0.312 e. The molecule has 7 atom stereocenters. The third-order valence-corrected chi connectivity index (χ3v) is 12.8. The number of hydrogen-bond acceptors (Lipinski definition) is 4. The number of carbonyl (C=O) groups is 3. The van der Waals surface area contributed by atoms with Crippen LogP contribution in [0.5, 0.6) is 0 Å². The third kappa shape index (κ3) is 3.24. The minimum Gasteiger partial charge on any atom is -0.469 e. The van der Waals surface area contributed by atoms with E-state index >= 15 is 0 Å². The summed E-state index contributed by atoms with van der Waals surface area (Å²) in [5.74, 6) is -0.0788. The molecule has 0 heterocycles. The molecule has 1 unspecified atom stereocenters. The van der Waals surface area contributed by atoms with E-state index in [0.717, 1.165) is 51.4 Å². The summed E-state index contributed by atoms with van der Waals surface area (Å²) in [6.07, 6.45) is 12.1. The van der Waals surface area contributed by atoms with Crippen molar-refractivity contribution in [2.75, 3.05) is 7.11 Å². The molecule has 37 heavy (non-hydrogen) atoms. The van der Waals surface area contributed by atoms with Gasteiger partial charge in [-0.15, -0.1) is 0 Å². The Labute approximate surface area is 223 Å². The Morgan fingerprint density at radius 2 is 1.59 bits per heavy atom. The van der Waals surface area contributed by atoms with Crippen LogP contribution in [-0.4, -0.2) is 24.8 Å². The normalized spacial score (nSPS) is 45.7. The van der Waals surface area contributed by atoms with E-state index < -0.39 is 16.7 Å². The maximum absolute atomic E-state index is 13.4. The molecule has 0 spiro atoms. The quantitative estimate of drug-likeness (QED) is 0.274. The van der Waals surface area contributed by atoms with Crippen molar-refractivity contribution in [1.82, 2.24) is 0 Å². The van der Waals surface area contributed by atoms with Crippen LogP contribution >= 0.6 is 0 Å². The van der Waals surface area contributed by atoms with Crippen LogP contribution in [0.2, 0.25) is 0 Å². The van der Waals surface area contributed by atoms with Gasteiger partial charge in [0.1, 0.15) is 0 Å². The molecule has 1 amide bonds. The highest BCUT2D eigenvalue weighted by atomic mass is 16.5. The lowest BCUT2D eigenvalue weighted by Gasteiger charge is -2.69. The standard InChI is InChI=1S/C32H47NO4/c1-27(2)13-15-32(26(36)37-8)16-14-30(6)20(21(32)18-27)9-10-23-29(5)17-19(25(33)35)24(34)28(3,4)22(29)11-12-31(23,30)7/h9,17,21-23H,10-16,18H2,1-8H3,(H2,33,35)/t21?,22-,23+,29-,30+,31+,32-/m0/s1. The molecule has 5 nitrogen and oxygen atoms in total. The summed E-state index contributed by atoms with van der Waals surface area (Å²) in [4.78, 5) is 39.1. The van der Waals surface area contributed by atoms with Crippen LogP contribution < -0.4 is 5.73 Å². The van der Waals surface area contributed by atoms with Gasteiger partial charge in [0.15, 0.2) is 5.78 Å². The summed E-state index contributed by atoms with van der Waals surface area (Å²) in [5, 5.41) is 0. The van der Waals surface area contributed by atoms with Gasteiger partial charge in [0.2, 0.25) is 0 Å². The van der Waals surface area contributed by atoms with Crippen molar-refractivity contribution in [3.05, 3.63) is 23.3 Å². The van der Waals surface area contributed by atoms with Gasteiger partial charge in [0.25, 0.3) is 5.91 Å². The molecule has 3 fully saturated rings. The Hall–Kier alpha value is -1.91. The van der Waals surface area contributed by atoms with E-state index in [1.165, 1.54) is 5.57 Å². The Morgan fingerprint density at radius 3 is 2.22 bits per heavy atom. The first-order valence-corrected chi connectivity index (χ1v) is 14.4. The second-order valence-corrected chi connectivity index (χ2v) is 15.2. The summed E-state index contributed by atoms with van der Waals surface area (Å²) in [6, 6.07) is 0. The summed E-state index contributed by atoms with van der Waals surface area (Å²) < 4.78 is 5.47. The summed E-state index contributed by atoms with van der Waals surface area (Å²) in [7, 11) is 1.55. The molecular formula is C32H47NO4. The Morgan fingerprint density at radius 1 is 0.946 bits per heavy atom. The number of nitrogens with two attached hydrogens (primary N) is 1. The molecule has 0 saturated heterocycles. The van der Waals surface area contributed by atoms with E-state index in [-0.39, 0.29) is 56.7 Å². The number of esters is 1. The highest BCUT2D eigenvalue weighted by molar-refractivity contribution is 6.21. The molecule has 0 aromatic carbocycles.